The Hall–Kier alpha value is -1.79. The van der Waals surface area contributed by atoms with E-state index < -0.39 is 12.1 Å². The number of nitrogens with zero attached hydrogens (tertiary/aromatic N) is 1. The van der Waals surface area contributed by atoms with Crippen LogP contribution in [0.15, 0.2) is 24.3 Å². The average Bonchev–Trinajstić information content (AvgIpc) is 3.30. The lowest BCUT2D eigenvalue weighted by atomic mass is 10.3. The molecule has 6 nitrogen and oxygen atoms in total. The number of carbonyl (C=O) groups excluding carboxylic acids is 2. The van der Waals surface area contributed by atoms with Crippen LogP contribution in [0, 0.1) is 0 Å². The van der Waals surface area contributed by atoms with Crippen LogP contribution in [-0.2, 0) is 4.79 Å². The van der Waals surface area contributed by atoms with Crippen molar-refractivity contribution >= 4 is 23.5 Å². The largest absolute Gasteiger partial charge is 0.492 e. The van der Waals surface area contributed by atoms with Gasteiger partial charge in [0.25, 0.3) is 0 Å². The highest BCUT2D eigenvalue weighted by molar-refractivity contribution is 6.30. The number of benzene rings is 1. The molecule has 0 bridgehead atoms. The maximum absolute atomic E-state index is 12.0. The molecule has 1 aliphatic carbocycles. The molecule has 1 aromatic carbocycles. The molecule has 0 heterocycles. The summed E-state index contributed by atoms with van der Waals surface area (Å²) in [4.78, 5) is 25.4. The molecule has 2 rings (SSSR count). The van der Waals surface area contributed by atoms with Crippen LogP contribution < -0.4 is 15.4 Å². The lowest BCUT2D eigenvalue weighted by Crippen LogP contribution is -2.49. The van der Waals surface area contributed by atoms with Crippen LogP contribution in [0.3, 0.4) is 0 Å². The first-order valence-electron chi connectivity index (χ1n) is 7.65. The van der Waals surface area contributed by atoms with Gasteiger partial charge < -0.3 is 10.1 Å². The molecule has 1 atom stereocenters. The second-order valence-corrected chi connectivity index (χ2v) is 6.14. The monoisotopic (exact) mass is 339 g/mol. The number of carbonyl (C=O) groups is 2. The molecule has 3 amide bonds. The number of rotatable bonds is 7. The zero-order valence-electron chi connectivity index (χ0n) is 13.3. The summed E-state index contributed by atoms with van der Waals surface area (Å²) in [6, 6.07) is 6.53. The van der Waals surface area contributed by atoms with Crippen molar-refractivity contribution < 1.29 is 14.3 Å². The van der Waals surface area contributed by atoms with Gasteiger partial charge >= 0.3 is 6.03 Å². The fourth-order valence-electron chi connectivity index (χ4n) is 1.92. The number of halogens is 1. The van der Waals surface area contributed by atoms with Gasteiger partial charge in [-0.05, 0) is 45.0 Å². The first-order chi connectivity index (χ1) is 11.0. The number of hydrogen-bond acceptors (Lipinski definition) is 4. The van der Waals surface area contributed by atoms with E-state index in [-0.39, 0.29) is 11.9 Å². The molecule has 7 heteroatoms. The van der Waals surface area contributed by atoms with E-state index in [1.165, 1.54) is 0 Å². The zero-order valence-corrected chi connectivity index (χ0v) is 14.1. The Labute approximate surface area is 141 Å². The summed E-state index contributed by atoms with van der Waals surface area (Å²) in [5.41, 5.74) is 0. The van der Waals surface area contributed by atoms with Crippen LogP contribution >= 0.6 is 11.6 Å². The highest BCUT2D eigenvalue weighted by Gasteiger charge is 2.25. The molecule has 1 aliphatic rings. The predicted molar refractivity (Wildman–Crippen MR) is 88.7 cm³/mol. The van der Waals surface area contributed by atoms with Crippen molar-refractivity contribution in [3.05, 3.63) is 29.3 Å². The van der Waals surface area contributed by atoms with E-state index in [2.05, 4.69) is 10.6 Å². The minimum atomic E-state index is -0.428. The molecule has 1 fully saturated rings. The van der Waals surface area contributed by atoms with Gasteiger partial charge in [-0.25, -0.2) is 4.79 Å². The third kappa shape index (κ3) is 6.08. The normalized spacial score (nSPS) is 15.1. The summed E-state index contributed by atoms with van der Waals surface area (Å²) < 4.78 is 5.59. The van der Waals surface area contributed by atoms with Crippen molar-refractivity contribution in [3.63, 3.8) is 0 Å². The molecule has 0 radical (unpaired) electrons. The van der Waals surface area contributed by atoms with Crippen LogP contribution in [-0.4, -0.2) is 49.1 Å². The minimum absolute atomic E-state index is 0.224. The standard InChI is InChI=1S/C16H22ClN3O3/c1-11(15(21)19-16(22)18-13-6-7-13)20(2)8-9-23-14-5-3-4-12(17)10-14/h3-5,10-11,13H,6-9H2,1-2H3,(H2,18,19,21,22). The van der Waals surface area contributed by atoms with E-state index in [1.807, 2.05) is 24.1 Å². The van der Waals surface area contributed by atoms with Gasteiger partial charge in [0.15, 0.2) is 0 Å². The summed E-state index contributed by atoms with van der Waals surface area (Å²) in [5.74, 6) is 0.361. The topological polar surface area (TPSA) is 70.7 Å². The first kappa shape index (κ1) is 17.6. The number of urea groups is 1. The molecule has 0 aliphatic heterocycles. The van der Waals surface area contributed by atoms with E-state index in [4.69, 9.17) is 16.3 Å². The fraction of sp³-hybridized carbons (Fsp3) is 0.500. The van der Waals surface area contributed by atoms with Crippen molar-refractivity contribution in [2.45, 2.75) is 31.8 Å². The van der Waals surface area contributed by atoms with Crippen molar-refractivity contribution in [3.8, 4) is 5.75 Å². The van der Waals surface area contributed by atoms with Gasteiger partial charge in [-0.1, -0.05) is 17.7 Å². The zero-order chi connectivity index (χ0) is 16.8. The Bertz CT molecular complexity index is 563. The second kappa shape index (κ2) is 8.17. The Morgan fingerprint density at radius 3 is 2.83 bits per heavy atom. The predicted octanol–water partition coefficient (Wildman–Crippen LogP) is 2.03. The molecule has 2 N–H and O–H groups in total. The first-order valence-corrected chi connectivity index (χ1v) is 8.03. The van der Waals surface area contributed by atoms with Crippen molar-refractivity contribution in [1.29, 1.82) is 0 Å². The molecule has 0 saturated heterocycles. The third-order valence-electron chi connectivity index (χ3n) is 3.70. The SMILES string of the molecule is CC(C(=O)NC(=O)NC1CC1)N(C)CCOc1cccc(Cl)c1. The molecule has 0 spiro atoms. The Morgan fingerprint density at radius 2 is 2.17 bits per heavy atom. The smallest absolute Gasteiger partial charge is 0.321 e. The number of imide groups is 1. The van der Waals surface area contributed by atoms with Gasteiger partial charge in [0.2, 0.25) is 5.91 Å². The highest BCUT2D eigenvalue weighted by Crippen LogP contribution is 2.18. The van der Waals surface area contributed by atoms with E-state index in [9.17, 15) is 9.59 Å². The summed E-state index contributed by atoms with van der Waals surface area (Å²) in [6.07, 6.45) is 1.97. The van der Waals surface area contributed by atoms with Gasteiger partial charge in [-0.15, -0.1) is 0 Å². The fourth-order valence-corrected chi connectivity index (χ4v) is 2.10. The number of nitrogens with one attached hydrogen (secondary N) is 2. The van der Waals surface area contributed by atoms with Crippen molar-refractivity contribution in [2.75, 3.05) is 20.2 Å². The molecule has 126 valence electrons. The minimum Gasteiger partial charge on any atom is -0.492 e. The third-order valence-corrected chi connectivity index (χ3v) is 3.93. The van der Waals surface area contributed by atoms with Gasteiger partial charge in [0.1, 0.15) is 12.4 Å². The van der Waals surface area contributed by atoms with Crippen molar-refractivity contribution in [1.82, 2.24) is 15.5 Å². The average molecular weight is 340 g/mol. The number of likely N-dealkylation sites (N-methyl/N-ethyl adjacent to an activating group) is 1. The van der Waals surface area contributed by atoms with Gasteiger partial charge in [-0.2, -0.15) is 0 Å². The Kier molecular flexibility index (Phi) is 6.24. The van der Waals surface area contributed by atoms with Gasteiger partial charge in [0, 0.05) is 17.6 Å². The van der Waals surface area contributed by atoms with Gasteiger partial charge in [-0.3, -0.25) is 15.0 Å². The second-order valence-electron chi connectivity index (χ2n) is 5.70. The quantitative estimate of drug-likeness (QED) is 0.797. The molecule has 23 heavy (non-hydrogen) atoms. The van der Waals surface area contributed by atoms with E-state index in [0.717, 1.165) is 12.8 Å². The van der Waals surface area contributed by atoms with Crippen LogP contribution in [0.25, 0.3) is 0 Å². The summed E-state index contributed by atoms with van der Waals surface area (Å²) in [7, 11) is 1.81. The van der Waals surface area contributed by atoms with Crippen LogP contribution in [0.5, 0.6) is 5.75 Å². The Balaban J connectivity index is 1.69. The molecular formula is C16H22ClN3O3. The molecule has 0 aromatic heterocycles. The van der Waals surface area contributed by atoms with Crippen LogP contribution in [0.2, 0.25) is 5.02 Å². The maximum atomic E-state index is 12.0. The molecule has 1 saturated carbocycles. The number of ether oxygens (including phenoxy) is 1. The van der Waals surface area contributed by atoms with Crippen LogP contribution in [0.4, 0.5) is 4.79 Å². The number of amides is 3. The van der Waals surface area contributed by atoms with E-state index in [1.54, 1.807) is 19.1 Å². The lowest BCUT2D eigenvalue weighted by Gasteiger charge is -2.23. The van der Waals surface area contributed by atoms with Crippen molar-refractivity contribution in [2.24, 2.45) is 0 Å². The maximum Gasteiger partial charge on any atom is 0.321 e. The van der Waals surface area contributed by atoms with Gasteiger partial charge in [0.05, 0.1) is 6.04 Å². The highest BCUT2D eigenvalue weighted by atomic mass is 35.5. The Morgan fingerprint density at radius 1 is 1.43 bits per heavy atom. The molecule has 1 unspecified atom stereocenters. The lowest BCUT2D eigenvalue weighted by molar-refractivity contribution is -0.124. The summed E-state index contributed by atoms with van der Waals surface area (Å²) >= 11 is 5.89. The van der Waals surface area contributed by atoms with E-state index >= 15 is 0 Å². The van der Waals surface area contributed by atoms with Crippen LogP contribution in [0.1, 0.15) is 19.8 Å². The molecular weight excluding hydrogens is 318 g/mol. The van der Waals surface area contributed by atoms with E-state index in [0.29, 0.717) is 23.9 Å². The summed E-state index contributed by atoms with van der Waals surface area (Å²) in [6.45, 7) is 2.72. The number of hydrogen-bond donors (Lipinski definition) is 2. The molecule has 1 aromatic rings. The summed E-state index contributed by atoms with van der Waals surface area (Å²) in [5, 5.41) is 5.70.